The lowest BCUT2D eigenvalue weighted by atomic mass is 10.1. The minimum absolute atomic E-state index is 0. The third kappa shape index (κ3) is 6.99. The second kappa shape index (κ2) is 12.6. The Labute approximate surface area is 195 Å². The van der Waals surface area contributed by atoms with Gasteiger partial charge in [-0.3, -0.25) is 9.89 Å². The predicted molar refractivity (Wildman–Crippen MR) is 129 cm³/mol. The third-order valence-electron chi connectivity index (χ3n) is 5.50. The summed E-state index contributed by atoms with van der Waals surface area (Å²) in [6.07, 6.45) is 4.18. The Kier molecular flexibility index (Phi) is 10.5. The number of hydrogen-bond donors (Lipinski definition) is 2. The van der Waals surface area contributed by atoms with Gasteiger partial charge in [-0.2, -0.15) is 0 Å². The maximum atomic E-state index is 11.8. The van der Waals surface area contributed by atoms with E-state index < -0.39 is 0 Å². The minimum Gasteiger partial charge on any atom is -0.450 e. The summed E-state index contributed by atoms with van der Waals surface area (Å²) in [4.78, 5) is 22.0. The normalized spacial score (nSPS) is 19.5. The van der Waals surface area contributed by atoms with Gasteiger partial charge in [0.15, 0.2) is 5.96 Å². The van der Waals surface area contributed by atoms with Crippen LogP contribution in [-0.4, -0.2) is 74.3 Å². The SMILES string of the molecule is CCOC(=O)N1CCC(NC(=NC)NCC(c2cccs2)N2CCCC2)CC1.I. The second-order valence-electron chi connectivity index (χ2n) is 7.33. The largest absolute Gasteiger partial charge is 0.450 e. The van der Waals surface area contributed by atoms with Gasteiger partial charge in [0, 0.05) is 37.6 Å². The van der Waals surface area contributed by atoms with Crippen LogP contribution in [0, 0.1) is 0 Å². The van der Waals surface area contributed by atoms with E-state index in [2.05, 4.69) is 38.0 Å². The maximum Gasteiger partial charge on any atom is 0.409 e. The number of piperidine rings is 1. The number of carbonyl (C=O) groups excluding carboxylic acids is 1. The fourth-order valence-corrected chi connectivity index (χ4v) is 4.81. The molecular formula is C20H34IN5O2S. The van der Waals surface area contributed by atoms with Crippen LogP contribution in [0.15, 0.2) is 22.5 Å². The molecule has 0 aromatic carbocycles. The van der Waals surface area contributed by atoms with Crippen molar-refractivity contribution in [3.63, 3.8) is 0 Å². The number of amides is 1. The van der Waals surface area contributed by atoms with Crippen LogP contribution in [0.5, 0.6) is 0 Å². The molecule has 7 nitrogen and oxygen atoms in total. The monoisotopic (exact) mass is 535 g/mol. The van der Waals surface area contributed by atoms with Crippen LogP contribution in [0.3, 0.4) is 0 Å². The fraction of sp³-hybridized carbons (Fsp3) is 0.700. The molecule has 1 amide bonds. The molecule has 2 aliphatic rings. The smallest absolute Gasteiger partial charge is 0.409 e. The number of thiophene rings is 1. The van der Waals surface area contributed by atoms with Crippen LogP contribution in [-0.2, 0) is 4.74 Å². The number of ether oxygens (including phenoxy) is 1. The summed E-state index contributed by atoms with van der Waals surface area (Å²) in [7, 11) is 1.82. The number of nitrogens with zero attached hydrogens (tertiary/aromatic N) is 3. The Morgan fingerprint density at radius 2 is 2.03 bits per heavy atom. The highest BCUT2D eigenvalue weighted by atomic mass is 127. The summed E-state index contributed by atoms with van der Waals surface area (Å²) < 4.78 is 5.09. The Bertz CT molecular complexity index is 629. The molecule has 29 heavy (non-hydrogen) atoms. The number of likely N-dealkylation sites (tertiary alicyclic amines) is 2. The summed E-state index contributed by atoms with van der Waals surface area (Å²) in [6.45, 7) is 6.90. The summed E-state index contributed by atoms with van der Waals surface area (Å²) in [5, 5.41) is 9.22. The van der Waals surface area contributed by atoms with Gasteiger partial charge in [-0.05, 0) is 57.1 Å². The van der Waals surface area contributed by atoms with E-state index in [1.165, 1.54) is 30.8 Å². The number of aliphatic imine (C=N–C) groups is 1. The van der Waals surface area contributed by atoms with Gasteiger partial charge in [-0.15, -0.1) is 35.3 Å². The molecule has 2 N–H and O–H groups in total. The van der Waals surface area contributed by atoms with E-state index >= 15 is 0 Å². The van der Waals surface area contributed by atoms with Crippen LogP contribution in [0.4, 0.5) is 4.79 Å². The molecule has 1 aromatic heterocycles. The molecule has 1 unspecified atom stereocenters. The van der Waals surface area contributed by atoms with Crippen molar-refractivity contribution in [3.05, 3.63) is 22.4 Å². The lowest BCUT2D eigenvalue weighted by molar-refractivity contribution is 0.0963. The molecule has 0 spiro atoms. The number of halogens is 1. The van der Waals surface area contributed by atoms with E-state index in [1.54, 1.807) is 4.90 Å². The molecule has 9 heteroatoms. The van der Waals surface area contributed by atoms with Gasteiger partial charge >= 0.3 is 6.09 Å². The van der Waals surface area contributed by atoms with E-state index in [0.717, 1.165) is 38.4 Å². The lowest BCUT2D eigenvalue weighted by Crippen LogP contribution is -2.50. The summed E-state index contributed by atoms with van der Waals surface area (Å²) >= 11 is 1.83. The van der Waals surface area contributed by atoms with E-state index in [-0.39, 0.29) is 30.1 Å². The van der Waals surface area contributed by atoms with Crippen LogP contribution in [0.25, 0.3) is 0 Å². The molecule has 2 fully saturated rings. The van der Waals surface area contributed by atoms with Crippen molar-refractivity contribution in [2.45, 2.75) is 44.7 Å². The van der Waals surface area contributed by atoms with Gasteiger partial charge in [-0.25, -0.2) is 4.79 Å². The number of rotatable bonds is 6. The summed E-state index contributed by atoms with van der Waals surface area (Å²) in [5.41, 5.74) is 0. The molecule has 0 radical (unpaired) electrons. The van der Waals surface area contributed by atoms with Crippen LogP contribution in [0.2, 0.25) is 0 Å². The van der Waals surface area contributed by atoms with Crippen molar-refractivity contribution in [2.24, 2.45) is 4.99 Å². The molecule has 2 aliphatic heterocycles. The first-order valence-corrected chi connectivity index (χ1v) is 11.3. The Hall–Kier alpha value is -1.07. The third-order valence-corrected chi connectivity index (χ3v) is 6.47. The summed E-state index contributed by atoms with van der Waals surface area (Å²) in [5.74, 6) is 0.843. The molecule has 3 heterocycles. The average molecular weight is 535 g/mol. The zero-order valence-electron chi connectivity index (χ0n) is 17.4. The molecule has 2 saturated heterocycles. The Morgan fingerprint density at radius 3 is 2.62 bits per heavy atom. The van der Waals surface area contributed by atoms with Gasteiger partial charge in [0.2, 0.25) is 0 Å². The molecule has 1 atom stereocenters. The zero-order chi connectivity index (χ0) is 19.8. The van der Waals surface area contributed by atoms with Gasteiger partial charge in [0.05, 0.1) is 12.6 Å². The first kappa shape index (κ1) is 24.2. The van der Waals surface area contributed by atoms with Crippen LogP contribution in [0.1, 0.15) is 43.5 Å². The number of carbonyl (C=O) groups is 1. The first-order valence-electron chi connectivity index (χ1n) is 10.4. The van der Waals surface area contributed by atoms with E-state index in [4.69, 9.17) is 4.74 Å². The van der Waals surface area contributed by atoms with E-state index in [1.807, 2.05) is 25.3 Å². The summed E-state index contributed by atoms with van der Waals surface area (Å²) in [6, 6.07) is 5.08. The first-order chi connectivity index (χ1) is 13.7. The predicted octanol–water partition coefficient (Wildman–Crippen LogP) is 3.29. The fourth-order valence-electron chi connectivity index (χ4n) is 3.95. The highest BCUT2D eigenvalue weighted by Crippen LogP contribution is 2.27. The average Bonchev–Trinajstić information content (AvgIpc) is 3.43. The molecule has 0 aliphatic carbocycles. The topological polar surface area (TPSA) is 69.2 Å². The van der Waals surface area contributed by atoms with Crippen molar-refractivity contribution in [1.82, 2.24) is 20.4 Å². The number of hydrogen-bond acceptors (Lipinski definition) is 5. The minimum atomic E-state index is -0.201. The van der Waals surface area contributed by atoms with Crippen molar-refractivity contribution in [3.8, 4) is 0 Å². The second-order valence-corrected chi connectivity index (χ2v) is 8.31. The zero-order valence-corrected chi connectivity index (χ0v) is 20.6. The van der Waals surface area contributed by atoms with Crippen molar-refractivity contribution >= 4 is 47.4 Å². The molecule has 1 aromatic rings. The standard InChI is InChI=1S/C20H33N5O2S.HI/c1-3-27-20(26)25-12-8-16(9-13-25)23-19(21-2)22-15-17(18-7-6-14-28-18)24-10-4-5-11-24;/h6-7,14,16-17H,3-5,8-13,15H2,1-2H3,(H2,21,22,23);1H. The van der Waals surface area contributed by atoms with Crippen molar-refractivity contribution in [2.75, 3.05) is 46.4 Å². The molecular weight excluding hydrogens is 501 g/mol. The highest BCUT2D eigenvalue weighted by Gasteiger charge is 2.26. The van der Waals surface area contributed by atoms with Gasteiger partial charge in [0.25, 0.3) is 0 Å². The number of nitrogens with one attached hydrogen (secondary N) is 2. The van der Waals surface area contributed by atoms with Crippen LogP contribution < -0.4 is 10.6 Å². The molecule has 0 bridgehead atoms. The lowest BCUT2D eigenvalue weighted by Gasteiger charge is -2.33. The van der Waals surface area contributed by atoms with Gasteiger partial charge < -0.3 is 20.3 Å². The molecule has 164 valence electrons. The molecule has 0 saturated carbocycles. The van der Waals surface area contributed by atoms with Crippen LogP contribution >= 0.6 is 35.3 Å². The Morgan fingerprint density at radius 1 is 1.31 bits per heavy atom. The number of guanidine groups is 1. The van der Waals surface area contributed by atoms with E-state index in [0.29, 0.717) is 18.7 Å². The maximum absolute atomic E-state index is 11.8. The van der Waals surface area contributed by atoms with Gasteiger partial charge in [0.1, 0.15) is 0 Å². The van der Waals surface area contributed by atoms with E-state index in [9.17, 15) is 4.79 Å². The quantitative estimate of drug-likeness (QED) is 0.333. The molecule has 3 rings (SSSR count). The van der Waals surface area contributed by atoms with Crippen molar-refractivity contribution < 1.29 is 9.53 Å². The highest BCUT2D eigenvalue weighted by molar-refractivity contribution is 14.0. The van der Waals surface area contributed by atoms with Crippen molar-refractivity contribution in [1.29, 1.82) is 0 Å². The van der Waals surface area contributed by atoms with Gasteiger partial charge in [-0.1, -0.05) is 6.07 Å². The Balaban J connectivity index is 0.00000300.